The predicted molar refractivity (Wildman–Crippen MR) is 82.7 cm³/mol. The molecule has 0 bridgehead atoms. The van der Waals surface area contributed by atoms with Crippen LogP contribution in [0, 0.1) is 0 Å². The molecule has 2 amide bonds. The second-order valence-electron chi connectivity index (χ2n) is 4.62. The third kappa shape index (κ3) is 2.09. The van der Waals surface area contributed by atoms with E-state index in [4.69, 9.17) is 23.2 Å². The molecule has 1 aromatic carbocycles. The van der Waals surface area contributed by atoms with E-state index in [0.29, 0.717) is 27.8 Å². The molecule has 0 fully saturated rings. The molecule has 1 N–H and O–H groups in total. The van der Waals surface area contributed by atoms with Crippen molar-refractivity contribution in [2.75, 3.05) is 16.1 Å². The summed E-state index contributed by atoms with van der Waals surface area (Å²) in [6.07, 6.45) is 1.59. The fraction of sp³-hybridized carbons (Fsp3) is 0.143. The summed E-state index contributed by atoms with van der Waals surface area (Å²) in [5.74, 6) is -0.889. The van der Waals surface area contributed by atoms with Crippen molar-refractivity contribution in [3.8, 4) is 0 Å². The highest BCUT2D eigenvalue weighted by Gasteiger charge is 2.33. The van der Waals surface area contributed by atoms with Crippen LogP contribution in [0.2, 0.25) is 5.02 Å². The average Bonchev–Trinajstić information content (AvgIpc) is 2.67. The molecule has 0 saturated carbocycles. The minimum absolute atomic E-state index is 0.215. The second kappa shape index (κ2) is 5.09. The first-order chi connectivity index (χ1) is 10.0. The van der Waals surface area contributed by atoms with Crippen molar-refractivity contribution in [3.05, 3.63) is 41.2 Å². The highest BCUT2D eigenvalue weighted by Crippen LogP contribution is 2.42. The van der Waals surface area contributed by atoms with Crippen LogP contribution >= 0.6 is 23.2 Å². The Hall–Kier alpha value is -1.98. The Kier molecular flexibility index (Phi) is 3.39. The van der Waals surface area contributed by atoms with Gasteiger partial charge < -0.3 is 9.88 Å². The molecule has 3 rings (SSSR count). The maximum atomic E-state index is 12.4. The molecule has 0 atom stereocenters. The van der Waals surface area contributed by atoms with E-state index in [1.54, 1.807) is 42.1 Å². The third-order valence-corrected chi connectivity index (χ3v) is 3.81. The van der Waals surface area contributed by atoms with Crippen molar-refractivity contribution >= 4 is 52.1 Å². The van der Waals surface area contributed by atoms with Crippen LogP contribution < -0.4 is 10.2 Å². The minimum atomic E-state index is -0.352. The molecule has 0 unspecified atom stereocenters. The minimum Gasteiger partial charge on any atom is -0.343 e. The van der Waals surface area contributed by atoms with Gasteiger partial charge in [-0.2, -0.15) is 0 Å². The zero-order valence-electron chi connectivity index (χ0n) is 11.1. The van der Waals surface area contributed by atoms with E-state index in [1.165, 1.54) is 4.90 Å². The number of amides is 2. The zero-order chi connectivity index (χ0) is 15.1. The summed E-state index contributed by atoms with van der Waals surface area (Å²) in [5.41, 5.74) is 1.75. The number of alkyl halides is 1. The number of nitrogens with one attached hydrogen (secondary N) is 1. The maximum Gasteiger partial charge on any atom is 0.274 e. The fourth-order valence-electron chi connectivity index (χ4n) is 2.45. The fourth-order valence-corrected chi connectivity index (χ4v) is 2.89. The number of anilines is 3. The van der Waals surface area contributed by atoms with Gasteiger partial charge in [0, 0.05) is 13.2 Å². The lowest BCUT2D eigenvalue weighted by atomic mass is 10.2. The maximum absolute atomic E-state index is 12.4. The average molecular weight is 324 g/mol. The lowest BCUT2D eigenvalue weighted by Crippen LogP contribution is -2.27. The highest BCUT2D eigenvalue weighted by molar-refractivity contribution is 6.38. The van der Waals surface area contributed by atoms with Gasteiger partial charge in [0.1, 0.15) is 11.6 Å². The number of carbonyl (C=O) groups is 2. The normalized spacial score (nSPS) is 13.3. The molecule has 0 radical (unpaired) electrons. The van der Waals surface area contributed by atoms with Crippen LogP contribution in [0.3, 0.4) is 0 Å². The Morgan fingerprint density at radius 1 is 1.33 bits per heavy atom. The van der Waals surface area contributed by atoms with Crippen molar-refractivity contribution in [2.24, 2.45) is 7.05 Å². The molecule has 108 valence electrons. The Labute approximate surface area is 131 Å². The van der Waals surface area contributed by atoms with Crippen LogP contribution in [-0.4, -0.2) is 22.3 Å². The van der Waals surface area contributed by atoms with Crippen molar-refractivity contribution in [3.63, 3.8) is 0 Å². The van der Waals surface area contributed by atoms with Crippen molar-refractivity contribution in [2.45, 2.75) is 0 Å². The molecule has 0 spiro atoms. The molecule has 7 heteroatoms. The number of aromatic nitrogens is 1. The molecular formula is C14H11Cl2N3O2. The third-order valence-electron chi connectivity index (χ3n) is 3.31. The Morgan fingerprint density at radius 3 is 2.76 bits per heavy atom. The lowest BCUT2D eigenvalue weighted by molar-refractivity contribution is -0.115. The van der Waals surface area contributed by atoms with E-state index in [9.17, 15) is 9.59 Å². The van der Waals surface area contributed by atoms with Crippen LogP contribution in [0.5, 0.6) is 0 Å². The summed E-state index contributed by atoms with van der Waals surface area (Å²) in [6, 6.07) is 7.02. The Morgan fingerprint density at radius 2 is 2.05 bits per heavy atom. The number of nitrogens with zero attached hydrogens (tertiary/aromatic N) is 2. The van der Waals surface area contributed by atoms with Gasteiger partial charge >= 0.3 is 0 Å². The number of para-hydroxylation sites is 2. The quantitative estimate of drug-likeness (QED) is 0.819. The number of aryl methyl sites for hydroxylation is 1. The zero-order valence-corrected chi connectivity index (χ0v) is 12.6. The number of fused-ring (bicyclic) bond motifs is 2. The van der Waals surface area contributed by atoms with E-state index < -0.39 is 0 Å². The summed E-state index contributed by atoms with van der Waals surface area (Å²) >= 11 is 11.9. The van der Waals surface area contributed by atoms with E-state index in [2.05, 4.69) is 5.32 Å². The number of rotatable bonds is 1. The van der Waals surface area contributed by atoms with E-state index in [0.717, 1.165) is 0 Å². The topological polar surface area (TPSA) is 54.3 Å². The molecule has 2 aromatic rings. The van der Waals surface area contributed by atoms with Gasteiger partial charge in [-0.15, -0.1) is 11.6 Å². The first-order valence-corrected chi connectivity index (χ1v) is 7.10. The molecule has 1 aliphatic rings. The van der Waals surface area contributed by atoms with Gasteiger partial charge in [0.25, 0.3) is 5.91 Å². The predicted octanol–water partition coefficient (Wildman–Crippen LogP) is 3.15. The number of hydrogen-bond donors (Lipinski definition) is 1. The second-order valence-corrected chi connectivity index (χ2v) is 5.29. The molecule has 21 heavy (non-hydrogen) atoms. The molecule has 1 aromatic heterocycles. The lowest BCUT2D eigenvalue weighted by Gasteiger charge is -2.22. The van der Waals surface area contributed by atoms with Gasteiger partial charge in [-0.05, 0) is 12.1 Å². The van der Waals surface area contributed by atoms with Crippen LogP contribution in [-0.2, 0) is 11.8 Å². The van der Waals surface area contributed by atoms with Gasteiger partial charge in [0.2, 0.25) is 5.91 Å². The van der Waals surface area contributed by atoms with E-state index in [1.807, 2.05) is 0 Å². The summed E-state index contributed by atoms with van der Waals surface area (Å²) in [5, 5.41) is 3.10. The van der Waals surface area contributed by atoms with Gasteiger partial charge in [-0.3, -0.25) is 14.5 Å². The SMILES string of the molecule is Cn1cc(Cl)c2c1C(=O)Nc1ccccc1N2C(=O)CCl. The van der Waals surface area contributed by atoms with Crippen LogP contribution in [0.1, 0.15) is 10.5 Å². The Balaban J connectivity index is 2.34. The molecule has 0 saturated heterocycles. The van der Waals surface area contributed by atoms with Crippen LogP contribution in [0.4, 0.5) is 17.1 Å². The number of halogens is 2. The van der Waals surface area contributed by atoms with Gasteiger partial charge in [-0.25, -0.2) is 0 Å². The summed E-state index contributed by atoms with van der Waals surface area (Å²) in [4.78, 5) is 26.1. The smallest absolute Gasteiger partial charge is 0.274 e. The van der Waals surface area contributed by atoms with Crippen molar-refractivity contribution in [1.29, 1.82) is 0 Å². The molecule has 1 aliphatic heterocycles. The first-order valence-electron chi connectivity index (χ1n) is 6.18. The molecule has 0 aliphatic carbocycles. The first kappa shape index (κ1) is 14.0. The molecular weight excluding hydrogens is 313 g/mol. The number of carbonyl (C=O) groups excluding carboxylic acids is 2. The summed E-state index contributed by atoms with van der Waals surface area (Å²) in [6.45, 7) is 0. The van der Waals surface area contributed by atoms with Crippen molar-refractivity contribution in [1.82, 2.24) is 4.57 Å². The largest absolute Gasteiger partial charge is 0.343 e. The van der Waals surface area contributed by atoms with Crippen LogP contribution in [0.15, 0.2) is 30.5 Å². The Bertz CT molecular complexity index is 755. The monoisotopic (exact) mass is 323 g/mol. The van der Waals surface area contributed by atoms with Crippen molar-refractivity contribution < 1.29 is 9.59 Å². The number of benzene rings is 1. The highest BCUT2D eigenvalue weighted by atomic mass is 35.5. The van der Waals surface area contributed by atoms with E-state index in [-0.39, 0.29) is 17.7 Å². The van der Waals surface area contributed by atoms with Crippen LogP contribution in [0.25, 0.3) is 0 Å². The van der Waals surface area contributed by atoms with Gasteiger partial charge in [0.15, 0.2) is 0 Å². The standard InChI is InChI=1S/C14H11Cl2N3O2/c1-18-7-8(16)12-13(18)14(21)17-9-4-2-3-5-10(9)19(12)11(20)6-15/h2-5,7H,6H2,1H3,(H,17,21). The number of hydrogen-bond acceptors (Lipinski definition) is 2. The summed E-state index contributed by atoms with van der Waals surface area (Å²) < 4.78 is 1.59. The molecule has 5 nitrogen and oxygen atoms in total. The summed E-state index contributed by atoms with van der Waals surface area (Å²) in [7, 11) is 1.70. The van der Waals surface area contributed by atoms with Gasteiger partial charge in [-0.1, -0.05) is 23.7 Å². The van der Waals surface area contributed by atoms with E-state index >= 15 is 0 Å². The molecule has 2 heterocycles. The van der Waals surface area contributed by atoms with Gasteiger partial charge in [0.05, 0.1) is 22.1 Å².